The fourth-order valence-corrected chi connectivity index (χ4v) is 2.97. The summed E-state index contributed by atoms with van der Waals surface area (Å²) in [5, 5.41) is 12.5. The molecule has 0 amide bonds. The maximum absolute atomic E-state index is 10.9. The van der Waals surface area contributed by atoms with Gasteiger partial charge in [-0.05, 0) is 36.8 Å². The minimum atomic E-state index is -0.649. The summed E-state index contributed by atoms with van der Waals surface area (Å²) in [5.41, 5.74) is 2.83. The Hall–Kier alpha value is -1.35. The van der Waals surface area contributed by atoms with Crippen LogP contribution in [0.15, 0.2) is 24.3 Å². The zero-order chi connectivity index (χ0) is 11.8. The minimum absolute atomic E-state index is 0.168. The molecule has 1 aromatic rings. The zero-order valence-corrected chi connectivity index (χ0v) is 9.73. The highest BCUT2D eigenvalue weighted by molar-refractivity contribution is 5.72. The molecule has 3 rings (SSSR count). The van der Waals surface area contributed by atoms with E-state index in [0.717, 1.165) is 25.7 Å². The topological polar surface area (TPSA) is 49.3 Å². The third-order valence-electron chi connectivity index (χ3n) is 4.09. The Bertz CT molecular complexity index is 419. The van der Waals surface area contributed by atoms with Gasteiger partial charge >= 0.3 is 5.97 Å². The summed E-state index contributed by atoms with van der Waals surface area (Å²) in [6.45, 7) is 0. The van der Waals surface area contributed by atoms with Crippen LogP contribution in [0.3, 0.4) is 0 Å². The molecule has 2 aliphatic carbocycles. The van der Waals surface area contributed by atoms with E-state index >= 15 is 0 Å². The van der Waals surface area contributed by atoms with Crippen LogP contribution in [-0.2, 0) is 17.6 Å². The predicted molar refractivity (Wildman–Crippen MR) is 64.9 cm³/mol. The number of hydrogen-bond acceptors (Lipinski definition) is 2. The molecule has 0 saturated heterocycles. The van der Waals surface area contributed by atoms with E-state index in [9.17, 15) is 4.79 Å². The summed E-state index contributed by atoms with van der Waals surface area (Å²) < 4.78 is 0. The molecule has 1 aromatic carbocycles. The molecule has 2 N–H and O–H groups in total. The molecule has 2 atom stereocenters. The highest BCUT2D eigenvalue weighted by Crippen LogP contribution is 2.30. The Morgan fingerprint density at radius 2 is 1.82 bits per heavy atom. The molecule has 0 aliphatic heterocycles. The monoisotopic (exact) mass is 231 g/mol. The fraction of sp³-hybridized carbons (Fsp3) is 0.500. The van der Waals surface area contributed by atoms with Gasteiger partial charge in [0.25, 0.3) is 0 Å². The lowest BCUT2D eigenvalue weighted by molar-refractivity contribution is -0.146. The molecule has 0 aromatic heterocycles. The summed E-state index contributed by atoms with van der Waals surface area (Å²) in [4.78, 5) is 10.9. The van der Waals surface area contributed by atoms with E-state index in [4.69, 9.17) is 5.11 Å². The zero-order valence-electron chi connectivity index (χ0n) is 9.73. The number of carbonyl (C=O) groups is 1. The Balaban J connectivity index is 1.61. The number of carboxylic acids is 1. The molecule has 3 heteroatoms. The lowest BCUT2D eigenvalue weighted by Crippen LogP contribution is -2.51. The first-order valence-corrected chi connectivity index (χ1v) is 6.29. The summed E-state index contributed by atoms with van der Waals surface area (Å²) in [6, 6.07) is 9.11. The molecule has 3 nitrogen and oxygen atoms in total. The standard InChI is InChI=1S/C14H17NO2/c16-14(17)12-5-6-13(12)15-11-7-9-3-1-2-4-10(9)8-11/h1-4,11-13,15H,5-8H2,(H,16,17). The summed E-state index contributed by atoms with van der Waals surface area (Å²) in [7, 11) is 0. The Morgan fingerprint density at radius 1 is 1.18 bits per heavy atom. The van der Waals surface area contributed by atoms with Crippen LogP contribution in [0, 0.1) is 5.92 Å². The van der Waals surface area contributed by atoms with Crippen LogP contribution in [0.2, 0.25) is 0 Å². The van der Waals surface area contributed by atoms with Crippen molar-refractivity contribution < 1.29 is 9.90 Å². The number of rotatable bonds is 3. The van der Waals surface area contributed by atoms with Gasteiger partial charge in [0.1, 0.15) is 0 Å². The smallest absolute Gasteiger partial charge is 0.308 e. The SMILES string of the molecule is O=C(O)C1CCC1NC1Cc2ccccc2C1. The average molecular weight is 231 g/mol. The van der Waals surface area contributed by atoms with Crippen molar-refractivity contribution in [1.29, 1.82) is 0 Å². The molecule has 0 radical (unpaired) electrons. The molecule has 90 valence electrons. The van der Waals surface area contributed by atoms with E-state index < -0.39 is 5.97 Å². The third kappa shape index (κ3) is 1.95. The maximum Gasteiger partial charge on any atom is 0.308 e. The van der Waals surface area contributed by atoms with Crippen LogP contribution < -0.4 is 5.32 Å². The van der Waals surface area contributed by atoms with E-state index in [1.807, 2.05) is 0 Å². The molecule has 2 aliphatic rings. The van der Waals surface area contributed by atoms with Crippen LogP contribution in [0.25, 0.3) is 0 Å². The molecule has 0 bridgehead atoms. The van der Waals surface area contributed by atoms with E-state index in [1.54, 1.807) is 0 Å². The quantitative estimate of drug-likeness (QED) is 0.831. The molecular weight excluding hydrogens is 214 g/mol. The summed E-state index contributed by atoms with van der Waals surface area (Å²) >= 11 is 0. The first kappa shape index (κ1) is 10.8. The first-order valence-electron chi connectivity index (χ1n) is 6.29. The normalized spacial score (nSPS) is 27.5. The van der Waals surface area contributed by atoms with Gasteiger partial charge in [-0.15, -0.1) is 0 Å². The van der Waals surface area contributed by atoms with Gasteiger partial charge in [0, 0.05) is 12.1 Å². The van der Waals surface area contributed by atoms with Crippen molar-refractivity contribution >= 4 is 5.97 Å². The molecule has 2 unspecified atom stereocenters. The molecule has 1 fully saturated rings. The molecular formula is C14H17NO2. The number of benzene rings is 1. The summed E-state index contributed by atoms with van der Waals surface area (Å²) in [5.74, 6) is -0.817. The van der Waals surface area contributed by atoms with Crippen LogP contribution in [0.4, 0.5) is 0 Å². The third-order valence-corrected chi connectivity index (χ3v) is 4.09. The van der Waals surface area contributed by atoms with Gasteiger partial charge in [-0.3, -0.25) is 4.79 Å². The number of hydrogen-bond donors (Lipinski definition) is 2. The van der Waals surface area contributed by atoms with Crippen molar-refractivity contribution in [3.05, 3.63) is 35.4 Å². The van der Waals surface area contributed by atoms with Gasteiger partial charge in [0.05, 0.1) is 5.92 Å². The largest absolute Gasteiger partial charge is 0.481 e. The van der Waals surface area contributed by atoms with Gasteiger partial charge in [-0.1, -0.05) is 24.3 Å². The molecule has 17 heavy (non-hydrogen) atoms. The van der Waals surface area contributed by atoms with E-state index in [-0.39, 0.29) is 12.0 Å². The van der Waals surface area contributed by atoms with Crippen LogP contribution in [-0.4, -0.2) is 23.2 Å². The van der Waals surface area contributed by atoms with Crippen LogP contribution in [0.1, 0.15) is 24.0 Å². The van der Waals surface area contributed by atoms with Crippen molar-refractivity contribution in [3.63, 3.8) is 0 Å². The van der Waals surface area contributed by atoms with Crippen molar-refractivity contribution in [2.45, 2.75) is 37.8 Å². The van der Waals surface area contributed by atoms with E-state index in [1.165, 1.54) is 11.1 Å². The first-order chi connectivity index (χ1) is 8.24. The van der Waals surface area contributed by atoms with Crippen LogP contribution >= 0.6 is 0 Å². The number of nitrogens with one attached hydrogen (secondary N) is 1. The van der Waals surface area contributed by atoms with Crippen molar-refractivity contribution in [2.75, 3.05) is 0 Å². The number of aliphatic carboxylic acids is 1. The Labute approximate surface area is 101 Å². The lowest BCUT2D eigenvalue weighted by atomic mass is 9.79. The average Bonchev–Trinajstić information content (AvgIpc) is 2.65. The summed E-state index contributed by atoms with van der Waals surface area (Å²) in [6.07, 6.45) is 3.91. The maximum atomic E-state index is 10.9. The second-order valence-electron chi connectivity index (χ2n) is 5.17. The highest BCUT2D eigenvalue weighted by atomic mass is 16.4. The fourth-order valence-electron chi connectivity index (χ4n) is 2.97. The molecule has 0 heterocycles. The van der Waals surface area contributed by atoms with Gasteiger partial charge < -0.3 is 10.4 Å². The minimum Gasteiger partial charge on any atom is -0.481 e. The number of fused-ring (bicyclic) bond motifs is 1. The van der Waals surface area contributed by atoms with E-state index in [0.29, 0.717) is 6.04 Å². The van der Waals surface area contributed by atoms with Crippen LogP contribution in [0.5, 0.6) is 0 Å². The highest BCUT2D eigenvalue weighted by Gasteiger charge is 2.38. The van der Waals surface area contributed by atoms with Crippen molar-refractivity contribution in [2.24, 2.45) is 5.92 Å². The lowest BCUT2D eigenvalue weighted by Gasteiger charge is -2.36. The van der Waals surface area contributed by atoms with Gasteiger partial charge in [0.2, 0.25) is 0 Å². The van der Waals surface area contributed by atoms with Gasteiger partial charge in [0.15, 0.2) is 0 Å². The number of carboxylic acid groups (broad SMARTS) is 1. The second-order valence-corrected chi connectivity index (χ2v) is 5.17. The van der Waals surface area contributed by atoms with Crippen molar-refractivity contribution in [3.8, 4) is 0 Å². The van der Waals surface area contributed by atoms with Gasteiger partial charge in [-0.25, -0.2) is 0 Å². The second kappa shape index (κ2) is 4.15. The van der Waals surface area contributed by atoms with Crippen molar-refractivity contribution in [1.82, 2.24) is 5.32 Å². The Kier molecular flexibility index (Phi) is 2.63. The van der Waals surface area contributed by atoms with E-state index in [2.05, 4.69) is 29.6 Å². The molecule has 0 spiro atoms. The Morgan fingerprint density at radius 3 is 2.29 bits per heavy atom. The van der Waals surface area contributed by atoms with Gasteiger partial charge in [-0.2, -0.15) is 0 Å². The predicted octanol–water partition coefficient (Wildman–Crippen LogP) is 1.61. The molecule has 1 saturated carbocycles.